The number of nitrogens with zero attached hydrogens (tertiary/aromatic N) is 1. The van der Waals surface area contributed by atoms with Crippen LogP contribution in [0, 0.1) is 0 Å². The number of carbonyl (C=O) groups excluding carboxylic acids is 1. The van der Waals surface area contributed by atoms with Crippen molar-refractivity contribution in [2.45, 2.75) is 19.4 Å². The van der Waals surface area contributed by atoms with Gasteiger partial charge in [-0.3, -0.25) is 0 Å². The van der Waals surface area contributed by atoms with E-state index in [0.717, 1.165) is 57.7 Å². The van der Waals surface area contributed by atoms with Gasteiger partial charge in [-0.15, -0.1) is 0 Å². The Kier molecular flexibility index (Phi) is 4.06. The standard InChI is InChI=1S/C28H23NO3/c1-3-29(4-2)19-14-16-23-25(17-19)31-26-20-10-6-5-9-18(20)13-15-24(26)28(23)22-12-8-7-11-21(22)27(30)32-28/h5-17H,3-4H2,1-2H3/t28-/m1/s1. The fourth-order valence-corrected chi connectivity index (χ4v) is 5.17. The van der Waals surface area contributed by atoms with Crippen LogP contribution in [0.2, 0.25) is 0 Å². The van der Waals surface area contributed by atoms with E-state index in [1.165, 1.54) is 0 Å². The van der Waals surface area contributed by atoms with Crippen molar-refractivity contribution in [2.24, 2.45) is 0 Å². The molecule has 2 heterocycles. The van der Waals surface area contributed by atoms with Crippen LogP contribution >= 0.6 is 0 Å². The number of esters is 1. The lowest BCUT2D eigenvalue weighted by Crippen LogP contribution is -2.33. The third-order valence-electron chi connectivity index (χ3n) is 6.72. The van der Waals surface area contributed by atoms with Crippen molar-refractivity contribution in [3.63, 3.8) is 0 Å². The maximum atomic E-state index is 13.0. The first kappa shape index (κ1) is 18.9. The smallest absolute Gasteiger partial charge is 0.340 e. The number of rotatable bonds is 3. The highest BCUT2D eigenvalue weighted by Gasteiger charge is 2.53. The van der Waals surface area contributed by atoms with E-state index in [9.17, 15) is 4.79 Å². The van der Waals surface area contributed by atoms with Gasteiger partial charge < -0.3 is 14.4 Å². The van der Waals surface area contributed by atoms with E-state index in [1.54, 1.807) is 0 Å². The molecule has 0 aromatic heterocycles. The van der Waals surface area contributed by atoms with Gasteiger partial charge in [0, 0.05) is 46.9 Å². The van der Waals surface area contributed by atoms with Crippen LogP contribution in [0.5, 0.6) is 11.5 Å². The fraction of sp³-hybridized carbons (Fsp3) is 0.179. The second-order valence-electron chi connectivity index (χ2n) is 8.23. The Hall–Kier alpha value is -3.79. The van der Waals surface area contributed by atoms with Gasteiger partial charge in [-0.05, 0) is 43.5 Å². The number of carbonyl (C=O) groups is 1. The first-order valence-corrected chi connectivity index (χ1v) is 11.1. The van der Waals surface area contributed by atoms with Crippen LogP contribution in [0.25, 0.3) is 10.8 Å². The van der Waals surface area contributed by atoms with Gasteiger partial charge in [-0.2, -0.15) is 0 Å². The molecule has 4 aromatic carbocycles. The zero-order chi connectivity index (χ0) is 21.9. The van der Waals surface area contributed by atoms with Gasteiger partial charge in [0.15, 0.2) is 5.60 Å². The molecule has 4 aromatic rings. The molecule has 0 saturated carbocycles. The largest absolute Gasteiger partial charge is 0.456 e. The van der Waals surface area contributed by atoms with E-state index in [2.05, 4.69) is 55.1 Å². The number of hydrogen-bond acceptors (Lipinski definition) is 4. The van der Waals surface area contributed by atoms with Crippen LogP contribution in [-0.2, 0) is 10.3 Å². The normalized spacial score (nSPS) is 18.0. The van der Waals surface area contributed by atoms with E-state index in [4.69, 9.17) is 9.47 Å². The summed E-state index contributed by atoms with van der Waals surface area (Å²) in [5.74, 6) is 1.17. The summed E-state index contributed by atoms with van der Waals surface area (Å²) in [4.78, 5) is 15.3. The maximum absolute atomic E-state index is 13.0. The van der Waals surface area contributed by atoms with Gasteiger partial charge in [-0.1, -0.05) is 48.5 Å². The van der Waals surface area contributed by atoms with Crippen LogP contribution in [-0.4, -0.2) is 19.1 Å². The Bertz CT molecular complexity index is 1390. The molecule has 2 aliphatic heterocycles. The Balaban J connectivity index is 1.69. The van der Waals surface area contributed by atoms with Crippen molar-refractivity contribution < 1.29 is 14.3 Å². The SMILES string of the molecule is CCN(CC)c1ccc2c(c1)Oc1c(ccc3ccccc13)[C@]21OC(=O)c2ccccc21. The summed E-state index contributed by atoms with van der Waals surface area (Å²) in [5, 5.41) is 2.09. The monoisotopic (exact) mass is 421 g/mol. The minimum atomic E-state index is -1.03. The van der Waals surface area contributed by atoms with Gasteiger partial charge in [0.2, 0.25) is 0 Å². The molecule has 0 N–H and O–H groups in total. The van der Waals surface area contributed by atoms with Gasteiger partial charge in [-0.25, -0.2) is 4.79 Å². The lowest BCUT2D eigenvalue weighted by atomic mass is 9.77. The number of fused-ring (bicyclic) bond motifs is 8. The summed E-state index contributed by atoms with van der Waals surface area (Å²) < 4.78 is 12.9. The Morgan fingerprint density at radius 2 is 1.56 bits per heavy atom. The summed E-state index contributed by atoms with van der Waals surface area (Å²) in [6, 6.07) is 26.2. The highest BCUT2D eigenvalue weighted by Crippen LogP contribution is 2.57. The molecular formula is C28H23NO3. The minimum Gasteiger partial charge on any atom is -0.456 e. The Morgan fingerprint density at radius 1 is 0.812 bits per heavy atom. The predicted molar refractivity (Wildman–Crippen MR) is 126 cm³/mol. The predicted octanol–water partition coefficient (Wildman–Crippen LogP) is 6.25. The van der Waals surface area contributed by atoms with Crippen LogP contribution < -0.4 is 9.64 Å². The number of hydrogen-bond donors (Lipinski definition) is 0. The molecule has 0 aliphatic carbocycles. The third kappa shape index (κ3) is 2.41. The van der Waals surface area contributed by atoms with Crippen LogP contribution in [0.1, 0.15) is 40.9 Å². The zero-order valence-electron chi connectivity index (χ0n) is 18.1. The fourth-order valence-electron chi connectivity index (χ4n) is 5.17. The summed E-state index contributed by atoms with van der Waals surface area (Å²) in [5.41, 5.74) is 3.24. The molecule has 0 saturated heterocycles. The van der Waals surface area contributed by atoms with E-state index >= 15 is 0 Å². The topological polar surface area (TPSA) is 38.8 Å². The number of benzene rings is 4. The van der Waals surface area contributed by atoms with E-state index in [0.29, 0.717) is 5.56 Å². The molecule has 4 heteroatoms. The van der Waals surface area contributed by atoms with Gasteiger partial charge >= 0.3 is 5.97 Å². The van der Waals surface area contributed by atoms with Crippen LogP contribution in [0.3, 0.4) is 0 Å². The third-order valence-corrected chi connectivity index (χ3v) is 6.72. The highest BCUT2D eigenvalue weighted by molar-refractivity contribution is 5.99. The van der Waals surface area contributed by atoms with E-state index in [-0.39, 0.29) is 5.97 Å². The molecule has 0 unspecified atom stereocenters. The van der Waals surface area contributed by atoms with Gasteiger partial charge in [0.1, 0.15) is 11.5 Å². The zero-order valence-corrected chi connectivity index (χ0v) is 18.1. The molecular weight excluding hydrogens is 398 g/mol. The van der Waals surface area contributed by atoms with Crippen LogP contribution in [0.4, 0.5) is 5.69 Å². The molecule has 32 heavy (non-hydrogen) atoms. The van der Waals surface area contributed by atoms with Crippen molar-refractivity contribution in [3.05, 3.63) is 101 Å². The molecule has 2 aliphatic rings. The lowest BCUT2D eigenvalue weighted by Gasteiger charge is -2.37. The Labute approximate surface area is 187 Å². The van der Waals surface area contributed by atoms with Crippen molar-refractivity contribution in [1.29, 1.82) is 0 Å². The van der Waals surface area contributed by atoms with Crippen LogP contribution in [0.15, 0.2) is 78.9 Å². The quantitative estimate of drug-likeness (QED) is 0.366. The summed E-state index contributed by atoms with van der Waals surface area (Å²) in [7, 11) is 0. The molecule has 0 bridgehead atoms. The van der Waals surface area contributed by atoms with Crippen molar-refractivity contribution in [2.75, 3.05) is 18.0 Å². The Morgan fingerprint density at radius 3 is 2.41 bits per heavy atom. The average molecular weight is 421 g/mol. The first-order chi connectivity index (χ1) is 15.7. The molecule has 0 fully saturated rings. The van der Waals surface area contributed by atoms with Gasteiger partial charge in [0.25, 0.3) is 0 Å². The molecule has 1 atom stereocenters. The summed E-state index contributed by atoms with van der Waals surface area (Å²) in [6.45, 7) is 6.09. The minimum absolute atomic E-state index is 0.305. The molecule has 0 amide bonds. The summed E-state index contributed by atoms with van der Waals surface area (Å²) >= 11 is 0. The number of ether oxygens (including phenoxy) is 2. The van der Waals surface area contributed by atoms with E-state index < -0.39 is 5.60 Å². The maximum Gasteiger partial charge on any atom is 0.340 e. The molecule has 4 nitrogen and oxygen atoms in total. The molecule has 0 radical (unpaired) electrons. The van der Waals surface area contributed by atoms with E-state index in [1.807, 2.05) is 42.5 Å². The first-order valence-electron chi connectivity index (χ1n) is 11.1. The second kappa shape index (κ2) is 6.86. The van der Waals surface area contributed by atoms with Crippen molar-refractivity contribution in [1.82, 2.24) is 0 Å². The number of anilines is 1. The highest BCUT2D eigenvalue weighted by atomic mass is 16.6. The molecule has 6 rings (SSSR count). The lowest BCUT2D eigenvalue weighted by molar-refractivity contribution is 0.0225. The molecule has 158 valence electrons. The van der Waals surface area contributed by atoms with Gasteiger partial charge in [0.05, 0.1) is 5.56 Å². The molecule has 1 spiro atoms. The van der Waals surface area contributed by atoms with Crippen molar-refractivity contribution in [3.8, 4) is 11.5 Å². The van der Waals surface area contributed by atoms with Crippen molar-refractivity contribution >= 4 is 22.4 Å². The average Bonchev–Trinajstić information content (AvgIpc) is 3.13. The second-order valence-corrected chi connectivity index (χ2v) is 8.23. The summed E-state index contributed by atoms with van der Waals surface area (Å²) in [6.07, 6.45) is 0.